The molecule has 4 atom stereocenters. The third kappa shape index (κ3) is 2.23. The zero-order chi connectivity index (χ0) is 14.5. The Morgan fingerprint density at radius 2 is 2.05 bits per heavy atom. The van der Waals surface area contributed by atoms with E-state index in [2.05, 4.69) is 0 Å². The maximum atomic E-state index is 14.2. The van der Waals surface area contributed by atoms with Crippen molar-refractivity contribution in [2.24, 2.45) is 17.1 Å². The largest absolute Gasteiger partial charge is 0.393 e. The van der Waals surface area contributed by atoms with Crippen LogP contribution in [0.25, 0.3) is 0 Å². The van der Waals surface area contributed by atoms with Crippen LogP contribution in [0.15, 0.2) is 24.1 Å². The van der Waals surface area contributed by atoms with Crippen LogP contribution in [0.5, 0.6) is 0 Å². The number of alkyl halides is 2. The van der Waals surface area contributed by atoms with Gasteiger partial charge in [-0.25, -0.2) is 13.2 Å². The van der Waals surface area contributed by atoms with E-state index in [1.165, 1.54) is 6.08 Å². The van der Waals surface area contributed by atoms with E-state index in [-0.39, 0.29) is 0 Å². The zero-order valence-electron chi connectivity index (χ0n) is 11.2. The number of rotatable bonds is 2. The number of hydrogen-bond donors (Lipinski definition) is 2. The van der Waals surface area contributed by atoms with Crippen molar-refractivity contribution in [3.63, 3.8) is 0 Å². The Morgan fingerprint density at radius 1 is 1.42 bits per heavy atom. The van der Waals surface area contributed by atoms with Crippen molar-refractivity contribution in [3.05, 3.63) is 24.1 Å². The lowest BCUT2D eigenvalue weighted by Gasteiger charge is -2.48. The predicted molar refractivity (Wildman–Crippen MR) is 67.3 cm³/mol. The van der Waals surface area contributed by atoms with Crippen LogP contribution in [-0.4, -0.2) is 22.7 Å². The van der Waals surface area contributed by atoms with Gasteiger partial charge in [-0.1, -0.05) is 19.1 Å². The van der Waals surface area contributed by atoms with Gasteiger partial charge in [-0.05, 0) is 19.4 Å². The fourth-order valence-electron chi connectivity index (χ4n) is 3.23. The third-order valence-corrected chi connectivity index (χ3v) is 4.88. The fraction of sp³-hybridized carbons (Fsp3) is 0.714. The van der Waals surface area contributed by atoms with Gasteiger partial charge < -0.3 is 10.8 Å². The molecule has 2 nitrogen and oxygen atoms in total. The van der Waals surface area contributed by atoms with Gasteiger partial charge in [-0.15, -0.1) is 0 Å². The minimum atomic E-state index is -2.92. The number of aliphatic hydroxyl groups is 1. The van der Waals surface area contributed by atoms with Crippen LogP contribution in [0.3, 0.4) is 0 Å². The number of halogens is 3. The average Bonchev–Trinajstić information content (AvgIpc) is 2.57. The van der Waals surface area contributed by atoms with E-state index in [1.807, 2.05) is 0 Å². The number of aliphatic hydroxyl groups excluding tert-OH is 1. The van der Waals surface area contributed by atoms with E-state index in [0.29, 0.717) is 6.42 Å². The van der Waals surface area contributed by atoms with Gasteiger partial charge in [0.1, 0.15) is 5.83 Å². The number of allylic oxidation sites excluding steroid dienone is 3. The summed E-state index contributed by atoms with van der Waals surface area (Å²) in [6, 6.07) is 0. The molecular formula is C14H20F3NO. The van der Waals surface area contributed by atoms with E-state index in [4.69, 9.17) is 5.73 Å². The quantitative estimate of drug-likeness (QED) is 0.814. The Morgan fingerprint density at radius 3 is 2.53 bits per heavy atom. The summed E-state index contributed by atoms with van der Waals surface area (Å²) < 4.78 is 41.0. The monoisotopic (exact) mass is 275 g/mol. The summed E-state index contributed by atoms with van der Waals surface area (Å²) in [5.41, 5.74) is 3.92. The highest BCUT2D eigenvalue weighted by atomic mass is 19.3. The second kappa shape index (κ2) is 4.35. The molecule has 1 fully saturated rings. The molecule has 108 valence electrons. The molecule has 1 saturated carbocycles. The summed E-state index contributed by atoms with van der Waals surface area (Å²) in [5, 5.41) is 9.87. The highest BCUT2D eigenvalue weighted by Crippen LogP contribution is 2.53. The molecule has 19 heavy (non-hydrogen) atoms. The summed E-state index contributed by atoms with van der Waals surface area (Å²) in [5.74, 6) is -4.16. The SMILES string of the molecule is CC1(C(C)(N)C2CC(F)(F)CC2O)CC=CC=C1F. The van der Waals surface area contributed by atoms with Crippen LogP contribution in [0.4, 0.5) is 13.2 Å². The van der Waals surface area contributed by atoms with Crippen LogP contribution in [0.2, 0.25) is 0 Å². The Labute approximate surface area is 111 Å². The lowest BCUT2D eigenvalue weighted by molar-refractivity contribution is -0.00636. The summed E-state index contributed by atoms with van der Waals surface area (Å²) in [6.07, 6.45) is 2.74. The smallest absolute Gasteiger partial charge is 0.251 e. The van der Waals surface area contributed by atoms with Gasteiger partial charge >= 0.3 is 0 Å². The lowest BCUT2D eigenvalue weighted by Crippen LogP contribution is -2.59. The first-order valence-corrected chi connectivity index (χ1v) is 6.48. The maximum Gasteiger partial charge on any atom is 0.251 e. The van der Waals surface area contributed by atoms with Crippen molar-refractivity contribution in [2.45, 2.75) is 50.7 Å². The van der Waals surface area contributed by atoms with Crippen molar-refractivity contribution in [1.29, 1.82) is 0 Å². The molecule has 0 aromatic heterocycles. The highest BCUT2D eigenvalue weighted by Gasteiger charge is 2.58. The van der Waals surface area contributed by atoms with Crippen molar-refractivity contribution >= 4 is 0 Å². The topological polar surface area (TPSA) is 46.2 Å². The normalized spacial score (nSPS) is 40.9. The minimum Gasteiger partial charge on any atom is -0.393 e. The molecule has 2 aliphatic rings. The van der Waals surface area contributed by atoms with E-state index >= 15 is 0 Å². The van der Waals surface area contributed by atoms with Crippen molar-refractivity contribution in [3.8, 4) is 0 Å². The highest BCUT2D eigenvalue weighted by molar-refractivity contribution is 5.27. The Balaban J connectivity index is 2.33. The molecule has 0 saturated heterocycles. The Kier molecular flexibility index (Phi) is 3.34. The molecular weight excluding hydrogens is 255 g/mol. The number of nitrogens with two attached hydrogens (primary N) is 1. The van der Waals surface area contributed by atoms with E-state index in [1.54, 1.807) is 26.0 Å². The van der Waals surface area contributed by atoms with Crippen LogP contribution in [0, 0.1) is 11.3 Å². The molecule has 0 heterocycles. The third-order valence-electron chi connectivity index (χ3n) is 4.88. The zero-order valence-corrected chi connectivity index (χ0v) is 11.2. The van der Waals surface area contributed by atoms with Gasteiger partial charge in [0.25, 0.3) is 5.92 Å². The Hall–Kier alpha value is -0.810. The summed E-state index contributed by atoms with van der Waals surface area (Å²) in [7, 11) is 0. The van der Waals surface area contributed by atoms with Crippen LogP contribution in [-0.2, 0) is 0 Å². The molecule has 0 aromatic rings. The van der Waals surface area contributed by atoms with Gasteiger partial charge in [-0.2, -0.15) is 0 Å². The van der Waals surface area contributed by atoms with Gasteiger partial charge in [0.05, 0.1) is 6.10 Å². The Bertz CT molecular complexity index is 430. The maximum absolute atomic E-state index is 14.2. The molecule has 0 aliphatic heterocycles. The second-order valence-electron chi connectivity index (χ2n) is 6.20. The standard InChI is InChI=1S/C14H20F3NO/c1-12(6-4-3-5-11(12)15)13(2,18)9-7-14(16,17)8-10(9)19/h3-5,9-10,19H,6-8,18H2,1-2H3. The van der Waals surface area contributed by atoms with Crippen LogP contribution < -0.4 is 5.73 Å². The fourth-order valence-corrected chi connectivity index (χ4v) is 3.23. The minimum absolute atomic E-state index is 0.344. The first-order chi connectivity index (χ1) is 8.60. The van der Waals surface area contributed by atoms with Crippen molar-refractivity contribution in [2.75, 3.05) is 0 Å². The summed E-state index contributed by atoms with van der Waals surface area (Å²) in [4.78, 5) is 0. The van der Waals surface area contributed by atoms with Gasteiger partial charge in [0.15, 0.2) is 0 Å². The molecule has 3 N–H and O–H groups in total. The second-order valence-corrected chi connectivity index (χ2v) is 6.20. The summed E-state index contributed by atoms with van der Waals surface area (Å²) >= 11 is 0. The first-order valence-electron chi connectivity index (χ1n) is 6.48. The van der Waals surface area contributed by atoms with E-state index in [9.17, 15) is 18.3 Å². The summed E-state index contributed by atoms with van der Waals surface area (Å²) in [6.45, 7) is 3.19. The molecule has 0 amide bonds. The van der Waals surface area contributed by atoms with E-state index in [0.717, 1.165) is 0 Å². The molecule has 0 spiro atoms. The van der Waals surface area contributed by atoms with Gasteiger partial charge in [0, 0.05) is 29.7 Å². The average molecular weight is 275 g/mol. The van der Waals surface area contributed by atoms with Crippen LogP contribution >= 0.6 is 0 Å². The molecule has 4 unspecified atom stereocenters. The molecule has 0 aromatic carbocycles. The number of hydrogen-bond acceptors (Lipinski definition) is 2. The van der Waals surface area contributed by atoms with E-state index < -0.39 is 47.6 Å². The molecule has 0 bridgehead atoms. The van der Waals surface area contributed by atoms with Crippen molar-refractivity contribution in [1.82, 2.24) is 0 Å². The van der Waals surface area contributed by atoms with Crippen molar-refractivity contribution < 1.29 is 18.3 Å². The molecule has 2 rings (SSSR count). The predicted octanol–water partition coefficient (Wildman–Crippen LogP) is 2.93. The van der Waals surface area contributed by atoms with Crippen LogP contribution in [0.1, 0.15) is 33.1 Å². The lowest BCUT2D eigenvalue weighted by atomic mass is 9.61. The molecule has 2 aliphatic carbocycles. The van der Waals surface area contributed by atoms with Gasteiger partial charge in [-0.3, -0.25) is 0 Å². The first kappa shape index (κ1) is 14.6. The molecule has 5 heteroatoms. The molecule has 0 radical (unpaired) electrons. The van der Waals surface area contributed by atoms with Gasteiger partial charge in [0.2, 0.25) is 0 Å².